The zero-order valence-electron chi connectivity index (χ0n) is 25.0. The molecule has 0 bridgehead atoms. The average Bonchev–Trinajstić information content (AvgIpc) is 3.93. The van der Waals surface area contributed by atoms with Gasteiger partial charge in [0, 0.05) is 73.1 Å². The summed E-state index contributed by atoms with van der Waals surface area (Å²) in [4.78, 5) is 18.7. The van der Waals surface area contributed by atoms with Gasteiger partial charge in [-0.3, -0.25) is 14.2 Å². The number of carbonyl (C=O) groups excluding carboxylic acids is 1. The minimum absolute atomic E-state index is 0.0700. The Bertz CT molecular complexity index is 2050. The van der Waals surface area contributed by atoms with Gasteiger partial charge in [-0.15, -0.1) is 0 Å². The van der Waals surface area contributed by atoms with Crippen molar-refractivity contribution in [3.63, 3.8) is 0 Å². The van der Waals surface area contributed by atoms with Crippen LogP contribution in [0.25, 0.3) is 38.9 Å². The molecule has 1 unspecified atom stereocenters. The summed E-state index contributed by atoms with van der Waals surface area (Å²) in [5, 5.41) is 16.4. The highest BCUT2D eigenvalue weighted by atomic mass is 19.1. The SMILES string of the molecule is CN(C)C(=O)c1ccc(C(F)Cn2cc3c(-c4nn(-c5cc6cn(C)nc6nc5C5CC5)cc4C4CC4)cccc3n2)cc1. The van der Waals surface area contributed by atoms with E-state index in [1.807, 2.05) is 40.9 Å². The van der Waals surface area contributed by atoms with Crippen LogP contribution >= 0.6 is 0 Å². The second-order valence-corrected chi connectivity index (χ2v) is 12.4. The van der Waals surface area contributed by atoms with Crippen LogP contribution in [0.5, 0.6) is 0 Å². The third-order valence-corrected chi connectivity index (χ3v) is 8.71. The molecular weight excluding hydrogens is 555 g/mol. The third kappa shape index (κ3) is 4.74. The van der Waals surface area contributed by atoms with Gasteiger partial charge in [-0.2, -0.15) is 15.3 Å². The summed E-state index contributed by atoms with van der Waals surface area (Å²) in [5.41, 5.74) is 7.88. The molecule has 6 aromatic rings. The quantitative estimate of drug-likeness (QED) is 0.207. The van der Waals surface area contributed by atoms with E-state index in [1.54, 1.807) is 43.0 Å². The van der Waals surface area contributed by atoms with Gasteiger partial charge in [0.2, 0.25) is 0 Å². The number of nitrogens with zero attached hydrogens (tertiary/aromatic N) is 8. The molecule has 1 amide bonds. The standard InChI is InChI=1S/C34H33FN8O/c1-40(2)34(44)23-13-9-21(10-14-23)28(35)19-42-17-27-25(5-4-6-29(27)37-42)32-26(20-7-8-20)18-43(38-32)30-15-24-16-41(3)39-33(24)36-31(30)22-11-12-22/h4-6,9-10,13-18,20,22,28H,7-8,11-12,19H2,1-3H3. The largest absolute Gasteiger partial charge is 0.345 e. The van der Waals surface area contributed by atoms with Crippen molar-refractivity contribution in [1.29, 1.82) is 0 Å². The average molecular weight is 589 g/mol. The number of fused-ring (bicyclic) bond motifs is 2. The smallest absolute Gasteiger partial charge is 0.253 e. The Morgan fingerprint density at radius 3 is 2.48 bits per heavy atom. The zero-order chi connectivity index (χ0) is 30.1. The number of alkyl halides is 1. The number of hydrogen-bond donors (Lipinski definition) is 0. The molecule has 0 radical (unpaired) electrons. The van der Waals surface area contributed by atoms with Gasteiger partial charge in [0.05, 0.1) is 29.1 Å². The molecule has 2 aromatic carbocycles. The van der Waals surface area contributed by atoms with E-state index in [-0.39, 0.29) is 12.5 Å². The number of halogens is 1. The Morgan fingerprint density at radius 1 is 0.977 bits per heavy atom. The molecule has 9 nitrogen and oxygen atoms in total. The highest BCUT2D eigenvalue weighted by Crippen LogP contribution is 2.47. The van der Waals surface area contributed by atoms with Gasteiger partial charge >= 0.3 is 0 Å². The molecule has 44 heavy (non-hydrogen) atoms. The Kier molecular flexibility index (Phi) is 6.14. The van der Waals surface area contributed by atoms with Gasteiger partial charge in [0.15, 0.2) is 5.65 Å². The molecule has 1 atom stereocenters. The van der Waals surface area contributed by atoms with E-state index in [4.69, 9.17) is 15.2 Å². The molecule has 8 rings (SSSR count). The van der Waals surface area contributed by atoms with E-state index in [0.717, 1.165) is 70.3 Å². The van der Waals surface area contributed by atoms with Crippen molar-refractivity contribution in [2.75, 3.05) is 14.1 Å². The number of aryl methyl sites for hydroxylation is 1. The topological polar surface area (TPSA) is 86.7 Å². The van der Waals surface area contributed by atoms with Crippen LogP contribution in [0.1, 0.15) is 70.9 Å². The van der Waals surface area contributed by atoms with Crippen molar-refractivity contribution < 1.29 is 9.18 Å². The molecule has 0 saturated heterocycles. The lowest BCUT2D eigenvalue weighted by molar-refractivity contribution is 0.0827. The second-order valence-electron chi connectivity index (χ2n) is 12.4. The normalized spacial score (nSPS) is 15.7. The lowest BCUT2D eigenvalue weighted by atomic mass is 10.0. The number of aromatic nitrogens is 7. The molecule has 2 fully saturated rings. The van der Waals surface area contributed by atoms with Crippen molar-refractivity contribution in [1.82, 2.24) is 39.2 Å². The van der Waals surface area contributed by atoms with E-state index in [9.17, 15) is 4.79 Å². The van der Waals surface area contributed by atoms with Crippen molar-refractivity contribution in [2.24, 2.45) is 7.05 Å². The Labute approximate surface area is 253 Å². The van der Waals surface area contributed by atoms with Gasteiger partial charge < -0.3 is 4.90 Å². The first-order chi connectivity index (χ1) is 21.3. The first-order valence-electron chi connectivity index (χ1n) is 15.2. The summed E-state index contributed by atoms with van der Waals surface area (Å²) in [7, 11) is 5.32. The van der Waals surface area contributed by atoms with Gasteiger partial charge in [-0.05, 0) is 61.4 Å². The fraction of sp³-hybridized carbons (Fsp3) is 0.324. The second kappa shape index (κ2) is 10.1. The molecule has 222 valence electrons. The van der Waals surface area contributed by atoms with Crippen LogP contribution in [0.4, 0.5) is 4.39 Å². The van der Waals surface area contributed by atoms with Crippen molar-refractivity contribution in [2.45, 2.75) is 50.2 Å². The first kappa shape index (κ1) is 26.7. The lowest BCUT2D eigenvalue weighted by Gasteiger charge is -2.12. The summed E-state index contributed by atoms with van der Waals surface area (Å²) in [6, 6.07) is 14.9. The molecular formula is C34H33FN8O. The monoisotopic (exact) mass is 588 g/mol. The fourth-order valence-corrected chi connectivity index (χ4v) is 6.08. The Hall–Kier alpha value is -4.86. The van der Waals surface area contributed by atoms with Crippen LogP contribution in [0.15, 0.2) is 67.1 Å². The number of pyridine rings is 1. The summed E-state index contributed by atoms with van der Waals surface area (Å²) in [5.74, 6) is 0.804. The minimum Gasteiger partial charge on any atom is -0.345 e. The highest BCUT2D eigenvalue weighted by molar-refractivity contribution is 5.95. The maximum absolute atomic E-state index is 15.5. The minimum atomic E-state index is -1.27. The fourth-order valence-electron chi connectivity index (χ4n) is 6.08. The van der Waals surface area contributed by atoms with Crippen LogP contribution in [0.3, 0.4) is 0 Å². The lowest BCUT2D eigenvalue weighted by Crippen LogP contribution is -2.21. The van der Waals surface area contributed by atoms with Gasteiger partial charge in [0.1, 0.15) is 6.17 Å². The van der Waals surface area contributed by atoms with E-state index < -0.39 is 6.17 Å². The van der Waals surface area contributed by atoms with E-state index >= 15 is 4.39 Å². The molecule has 4 aromatic heterocycles. The highest BCUT2D eigenvalue weighted by Gasteiger charge is 2.33. The van der Waals surface area contributed by atoms with Crippen molar-refractivity contribution in [3.8, 4) is 16.9 Å². The molecule has 0 N–H and O–H groups in total. The molecule has 10 heteroatoms. The van der Waals surface area contributed by atoms with Gasteiger partial charge in [-0.25, -0.2) is 14.1 Å². The summed E-state index contributed by atoms with van der Waals surface area (Å²) in [6.45, 7) is 0.0700. The predicted octanol–water partition coefficient (Wildman–Crippen LogP) is 6.34. The number of amides is 1. The van der Waals surface area contributed by atoms with Crippen LogP contribution < -0.4 is 0 Å². The molecule has 4 heterocycles. The third-order valence-electron chi connectivity index (χ3n) is 8.71. The van der Waals surface area contributed by atoms with Crippen LogP contribution in [-0.4, -0.2) is 59.2 Å². The summed E-state index contributed by atoms with van der Waals surface area (Å²) in [6.07, 6.45) is 9.40. The van der Waals surface area contributed by atoms with E-state index in [0.29, 0.717) is 23.0 Å². The van der Waals surface area contributed by atoms with Crippen molar-refractivity contribution >= 4 is 27.8 Å². The maximum atomic E-state index is 15.5. The molecule has 2 saturated carbocycles. The van der Waals surface area contributed by atoms with Crippen LogP contribution in [0.2, 0.25) is 0 Å². The summed E-state index contributed by atoms with van der Waals surface area (Å²) < 4.78 is 21.0. The van der Waals surface area contributed by atoms with Gasteiger partial charge in [0.25, 0.3) is 5.91 Å². The Morgan fingerprint density at radius 2 is 1.75 bits per heavy atom. The van der Waals surface area contributed by atoms with E-state index in [1.165, 1.54) is 10.5 Å². The van der Waals surface area contributed by atoms with E-state index in [2.05, 4.69) is 23.4 Å². The zero-order valence-corrected chi connectivity index (χ0v) is 25.0. The van der Waals surface area contributed by atoms with Gasteiger partial charge in [-0.1, -0.05) is 24.3 Å². The number of rotatable bonds is 8. The Balaban J connectivity index is 1.14. The predicted molar refractivity (Wildman–Crippen MR) is 167 cm³/mol. The van der Waals surface area contributed by atoms with Crippen molar-refractivity contribution in [3.05, 3.63) is 89.5 Å². The van der Waals surface area contributed by atoms with Crippen LogP contribution in [-0.2, 0) is 13.6 Å². The molecule has 2 aliphatic rings. The number of hydrogen-bond acceptors (Lipinski definition) is 5. The van der Waals surface area contributed by atoms with Crippen LogP contribution in [0, 0.1) is 0 Å². The first-order valence-corrected chi connectivity index (χ1v) is 15.2. The number of carbonyl (C=O) groups is 1. The molecule has 0 spiro atoms. The molecule has 2 aliphatic carbocycles. The molecule has 0 aliphatic heterocycles. The number of benzene rings is 2. The maximum Gasteiger partial charge on any atom is 0.253 e. The summed E-state index contributed by atoms with van der Waals surface area (Å²) >= 11 is 0.